The van der Waals surface area contributed by atoms with E-state index >= 15 is 0 Å². The maximum Gasteiger partial charge on any atom is 0.133 e. The number of hydrogen-bond acceptors (Lipinski definition) is 4. The molecule has 0 amide bonds. The van der Waals surface area contributed by atoms with E-state index in [1.807, 2.05) is 24.0 Å². The Hall–Kier alpha value is -2.66. The third-order valence-electron chi connectivity index (χ3n) is 4.68. The second-order valence-corrected chi connectivity index (χ2v) is 6.85. The number of rotatable bonds is 8. The molecular weight excluding hydrogens is 324 g/mol. The first-order valence-corrected chi connectivity index (χ1v) is 9.13. The maximum absolute atomic E-state index is 5.75. The second kappa shape index (κ2) is 7.70. The molecule has 1 N–H and O–H groups in total. The van der Waals surface area contributed by atoms with E-state index in [2.05, 4.69) is 51.9 Å². The molecule has 1 aromatic carbocycles. The van der Waals surface area contributed by atoms with E-state index in [4.69, 9.17) is 4.74 Å². The molecule has 1 aliphatic rings. The zero-order valence-corrected chi connectivity index (χ0v) is 15.1. The number of nitrogens with zero attached hydrogens (tertiary/aromatic N) is 3. The van der Waals surface area contributed by atoms with Gasteiger partial charge in [0.2, 0.25) is 0 Å². The highest BCUT2D eigenvalue weighted by Gasteiger charge is 2.20. The van der Waals surface area contributed by atoms with Gasteiger partial charge < -0.3 is 10.1 Å². The van der Waals surface area contributed by atoms with Crippen molar-refractivity contribution in [3.63, 3.8) is 0 Å². The minimum absolute atomic E-state index is 0.705. The van der Waals surface area contributed by atoms with Crippen LogP contribution in [0, 0.1) is 5.92 Å². The van der Waals surface area contributed by atoms with Crippen LogP contribution >= 0.6 is 0 Å². The molecule has 0 aliphatic heterocycles. The summed E-state index contributed by atoms with van der Waals surface area (Å²) in [6, 6.07) is 12.6. The maximum atomic E-state index is 5.75. The molecule has 2 heterocycles. The Kier molecular flexibility index (Phi) is 4.97. The minimum Gasteiger partial charge on any atom is -0.376 e. The average Bonchev–Trinajstić information content (AvgIpc) is 3.39. The molecule has 0 unspecified atom stereocenters. The molecule has 1 saturated carbocycles. The number of nitrogens with one attached hydrogen (secondary N) is 1. The number of aromatic nitrogens is 3. The van der Waals surface area contributed by atoms with Gasteiger partial charge in [0.05, 0.1) is 19.3 Å². The van der Waals surface area contributed by atoms with Gasteiger partial charge in [-0.3, -0.25) is 4.68 Å². The molecule has 3 aromatic rings. The molecular formula is C21H24N4O. The van der Waals surface area contributed by atoms with Crippen LogP contribution in [0.1, 0.15) is 24.0 Å². The van der Waals surface area contributed by atoms with Gasteiger partial charge in [-0.2, -0.15) is 5.10 Å². The standard InChI is InChI=1S/C21H24N4O/c1-22-21-20(3-2-10-23-21)19-11-24-25(13-19)12-16-4-6-17(7-5-16)14-26-15-18-8-9-18/h2-7,10-11,13,18H,8-9,12,14-15H2,1H3,(H,22,23). The highest BCUT2D eigenvalue weighted by atomic mass is 16.5. The first-order chi connectivity index (χ1) is 12.8. The van der Waals surface area contributed by atoms with Crippen molar-refractivity contribution in [2.45, 2.75) is 26.0 Å². The molecule has 5 nitrogen and oxygen atoms in total. The van der Waals surface area contributed by atoms with Gasteiger partial charge in [0.15, 0.2) is 0 Å². The number of ether oxygens (including phenoxy) is 1. The van der Waals surface area contributed by atoms with Crippen LogP contribution in [-0.2, 0) is 17.9 Å². The molecule has 2 aromatic heterocycles. The van der Waals surface area contributed by atoms with Crippen LogP contribution < -0.4 is 5.32 Å². The van der Waals surface area contributed by atoms with E-state index < -0.39 is 0 Å². The molecule has 134 valence electrons. The number of pyridine rings is 1. The smallest absolute Gasteiger partial charge is 0.133 e. The van der Waals surface area contributed by atoms with E-state index in [0.717, 1.165) is 36.0 Å². The Bertz CT molecular complexity index is 852. The highest BCUT2D eigenvalue weighted by molar-refractivity contribution is 5.73. The van der Waals surface area contributed by atoms with E-state index in [-0.39, 0.29) is 0 Å². The fourth-order valence-electron chi connectivity index (χ4n) is 2.98. The highest BCUT2D eigenvalue weighted by Crippen LogP contribution is 2.29. The van der Waals surface area contributed by atoms with E-state index in [0.29, 0.717) is 6.61 Å². The molecule has 0 atom stereocenters. The van der Waals surface area contributed by atoms with Crippen molar-refractivity contribution in [1.29, 1.82) is 0 Å². The van der Waals surface area contributed by atoms with Crippen LogP contribution in [-0.4, -0.2) is 28.4 Å². The van der Waals surface area contributed by atoms with E-state index in [1.165, 1.54) is 24.0 Å². The fraction of sp³-hybridized carbons (Fsp3) is 0.333. The summed E-state index contributed by atoms with van der Waals surface area (Å²) >= 11 is 0. The molecule has 4 rings (SSSR count). The van der Waals surface area contributed by atoms with Crippen LogP contribution in [0.2, 0.25) is 0 Å². The van der Waals surface area contributed by atoms with Crippen LogP contribution in [0.25, 0.3) is 11.1 Å². The zero-order valence-electron chi connectivity index (χ0n) is 15.1. The first-order valence-electron chi connectivity index (χ1n) is 9.13. The van der Waals surface area contributed by atoms with Crippen molar-refractivity contribution in [2.24, 2.45) is 5.92 Å². The minimum atomic E-state index is 0.705. The summed E-state index contributed by atoms with van der Waals surface area (Å²) in [5, 5.41) is 7.62. The second-order valence-electron chi connectivity index (χ2n) is 6.85. The molecule has 1 aliphatic carbocycles. The Labute approximate surface area is 154 Å². The molecule has 1 fully saturated rings. The Morgan fingerprint density at radius 3 is 2.73 bits per heavy atom. The monoisotopic (exact) mass is 348 g/mol. The third kappa shape index (κ3) is 4.11. The zero-order chi connectivity index (χ0) is 17.8. The van der Waals surface area contributed by atoms with E-state index in [9.17, 15) is 0 Å². The summed E-state index contributed by atoms with van der Waals surface area (Å²) in [6.07, 6.45) is 8.40. The summed E-state index contributed by atoms with van der Waals surface area (Å²) in [5.74, 6) is 1.68. The Morgan fingerprint density at radius 2 is 1.96 bits per heavy atom. The SMILES string of the molecule is CNc1ncccc1-c1cnn(Cc2ccc(COCC3CC3)cc2)c1. The average molecular weight is 348 g/mol. The topological polar surface area (TPSA) is 52.0 Å². The van der Waals surface area contributed by atoms with Crippen molar-refractivity contribution in [3.8, 4) is 11.1 Å². The van der Waals surface area contributed by atoms with E-state index in [1.54, 1.807) is 6.20 Å². The normalized spacial score (nSPS) is 13.7. The fourth-order valence-corrected chi connectivity index (χ4v) is 2.98. The van der Waals surface area contributed by atoms with Crippen molar-refractivity contribution in [3.05, 3.63) is 66.1 Å². The predicted octanol–water partition coefficient (Wildman–Crippen LogP) is 3.96. The van der Waals surface area contributed by atoms with Gasteiger partial charge in [0.25, 0.3) is 0 Å². The van der Waals surface area contributed by atoms with Gasteiger partial charge in [0.1, 0.15) is 5.82 Å². The van der Waals surface area contributed by atoms with Gasteiger partial charge >= 0.3 is 0 Å². The van der Waals surface area contributed by atoms with Gasteiger partial charge in [-0.1, -0.05) is 24.3 Å². The van der Waals surface area contributed by atoms with Gasteiger partial charge in [-0.15, -0.1) is 0 Å². The molecule has 26 heavy (non-hydrogen) atoms. The number of anilines is 1. The van der Waals surface area contributed by atoms with Crippen LogP contribution in [0.4, 0.5) is 5.82 Å². The lowest BCUT2D eigenvalue weighted by Gasteiger charge is -2.06. The summed E-state index contributed by atoms with van der Waals surface area (Å²) in [5.41, 5.74) is 4.58. The summed E-state index contributed by atoms with van der Waals surface area (Å²) in [4.78, 5) is 4.36. The quantitative estimate of drug-likeness (QED) is 0.669. The van der Waals surface area contributed by atoms with Crippen molar-refractivity contribution < 1.29 is 4.74 Å². The van der Waals surface area contributed by atoms with Crippen LogP contribution in [0.15, 0.2) is 55.0 Å². The molecule has 0 bridgehead atoms. The molecule has 0 saturated heterocycles. The lowest BCUT2D eigenvalue weighted by molar-refractivity contribution is 0.111. The van der Waals surface area contributed by atoms with Gasteiger partial charge in [-0.25, -0.2) is 4.98 Å². The van der Waals surface area contributed by atoms with Crippen LogP contribution in [0.5, 0.6) is 0 Å². The summed E-state index contributed by atoms with van der Waals surface area (Å²) in [7, 11) is 1.88. The predicted molar refractivity (Wildman–Crippen MR) is 103 cm³/mol. The van der Waals surface area contributed by atoms with Gasteiger partial charge in [0, 0.05) is 37.2 Å². The van der Waals surface area contributed by atoms with Crippen molar-refractivity contribution in [1.82, 2.24) is 14.8 Å². The first kappa shape index (κ1) is 16.8. The van der Waals surface area contributed by atoms with Crippen LogP contribution in [0.3, 0.4) is 0 Å². The number of hydrogen-bond donors (Lipinski definition) is 1. The largest absolute Gasteiger partial charge is 0.376 e. The number of benzene rings is 1. The van der Waals surface area contributed by atoms with Gasteiger partial charge in [-0.05, 0) is 42.0 Å². The molecule has 0 radical (unpaired) electrons. The lowest BCUT2D eigenvalue weighted by Crippen LogP contribution is -2.01. The third-order valence-corrected chi connectivity index (χ3v) is 4.68. The van der Waals surface area contributed by atoms with Crippen molar-refractivity contribution in [2.75, 3.05) is 19.0 Å². The lowest BCUT2D eigenvalue weighted by atomic mass is 10.1. The Morgan fingerprint density at radius 1 is 1.15 bits per heavy atom. The molecule has 5 heteroatoms. The Balaban J connectivity index is 1.39. The molecule has 0 spiro atoms. The summed E-state index contributed by atoms with van der Waals surface area (Å²) in [6.45, 7) is 2.36. The summed E-state index contributed by atoms with van der Waals surface area (Å²) < 4.78 is 7.71. The van der Waals surface area contributed by atoms with Crippen molar-refractivity contribution >= 4 is 5.82 Å².